The van der Waals surface area contributed by atoms with E-state index in [9.17, 15) is 22.4 Å². The van der Waals surface area contributed by atoms with Crippen LogP contribution in [0.1, 0.15) is 17.8 Å². The molecule has 0 bridgehead atoms. The first-order chi connectivity index (χ1) is 12.7. The zero-order valence-corrected chi connectivity index (χ0v) is 14.5. The highest BCUT2D eigenvalue weighted by atomic mass is 35.5. The van der Waals surface area contributed by atoms with E-state index in [1.807, 2.05) is 0 Å². The highest BCUT2D eigenvalue weighted by Crippen LogP contribution is 2.27. The molecule has 0 aliphatic carbocycles. The number of aromatic nitrogens is 3. The zero-order chi connectivity index (χ0) is 19.6. The number of rotatable bonds is 4. The first-order valence-corrected chi connectivity index (χ1v) is 8.31. The van der Waals surface area contributed by atoms with E-state index in [2.05, 4.69) is 25.6 Å². The lowest BCUT2D eigenvalue weighted by atomic mass is 10.1. The van der Waals surface area contributed by atoms with Gasteiger partial charge in [0, 0.05) is 37.5 Å². The molecule has 1 saturated heterocycles. The normalized spacial score (nSPS) is 19.9. The molecule has 6 nitrogen and oxygen atoms in total. The summed E-state index contributed by atoms with van der Waals surface area (Å²) in [4.78, 5) is 22.6. The molecule has 2 unspecified atom stereocenters. The Balaban J connectivity index is 1.71. The zero-order valence-electron chi connectivity index (χ0n) is 13.7. The Morgan fingerprint density at radius 2 is 2.00 bits per heavy atom. The topological polar surface area (TPSA) is 79.8 Å². The van der Waals surface area contributed by atoms with E-state index in [1.165, 1.54) is 6.07 Å². The average Bonchev–Trinajstić information content (AvgIpc) is 3.05. The monoisotopic (exact) mass is 403 g/mol. The van der Waals surface area contributed by atoms with E-state index < -0.39 is 24.2 Å². The van der Waals surface area contributed by atoms with Gasteiger partial charge in [-0.3, -0.25) is 4.79 Å². The third-order valence-corrected chi connectivity index (χ3v) is 4.11. The molecular formula is C16H14ClF4N5O. The predicted molar refractivity (Wildman–Crippen MR) is 88.4 cm³/mol. The molecule has 27 heavy (non-hydrogen) atoms. The summed E-state index contributed by atoms with van der Waals surface area (Å²) in [6.07, 6.45) is -3.58. The third-order valence-electron chi connectivity index (χ3n) is 3.92. The van der Waals surface area contributed by atoms with Crippen LogP contribution in [0.15, 0.2) is 24.5 Å². The third kappa shape index (κ3) is 4.89. The van der Waals surface area contributed by atoms with Crippen LogP contribution < -0.4 is 10.6 Å². The quantitative estimate of drug-likeness (QED) is 0.606. The Hall–Kier alpha value is -2.33. The highest BCUT2D eigenvalue weighted by Gasteiger charge is 2.34. The van der Waals surface area contributed by atoms with Gasteiger partial charge in [-0.15, -0.1) is 0 Å². The maximum atomic E-state index is 13.1. The van der Waals surface area contributed by atoms with Gasteiger partial charge in [0.1, 0.15) is 11.3 Å². The lowest BCUT2D eigenvalue weighted by Gasteiger charge is -2.12. The van der Waals surface area contributed by atoms with Crippen molar-refractivity contribution >= 4 is 17.5 Å². The summed E-state index contributed by atoms with van der Waals surface area (Å²) in [6.45, 7) is 0.238. The van der Waals surface area contributed by atoms with Crippen molar-refractivity contribution in [3.63, 3.8) is 0 Å². The number of carbonyl (C=O) groups is 1. The largest absolute Gasteiger partial charge is 0.451 e. The van der Waals surface area contributed by atoms with Crippen LogP contribution >= 0.6 is 11.6 Å². The van der Waals surface area contributed by atoms with Crippen LogP contribution in [0.4, 0.5) is 17.6 Å². The van der Waals surface area contributed by atoms with Gasteiger partial charge in [-0.2, -0.15) is 13.2 Å². The minimum atomic E-state index is -4.64. The minimum Gasteiger partial charge on any atom is -0.351 e. The van der Waals surface area contributed by atoms with Crippen molar-refractivity contribution in [1.82, 2.24) is 25.6 Å². The second kappa shape index (κ2) is 7.73. The van der Waals surface area contributed by atoms with Crippen molar-refractivity contribution in [3.05, 3.63) is 41.1 Å². The molecule has 1 aliphatic rings. The summed E-state index contributed by atoms with van der Waals surface area (Å²) in [6, 6.07) is 2.47. The molecule has 2 atom stereocenters. The molecule has 1 aliphatic heterocycles. The summed E-state index contributed by atoms with van der Waals surface area (Å²) in [5.74, 6) is -1.60. The van der Waals surface area contributed by atoms with Gasteiger partial charge < -0.3 is 10.6 Å². The molecule has 2 aromatic heterocycles. The molecule has 3 rings (SSSR count). The van der Waals surface area contributed by atoms with Gasteiger partial charge in [0.05, 0.1) is 11.7 Å². The molecule has 0 spiro atoms. The SMILES string of the molecule is O=C(NCc1cc(Cl)nc(-c2cnc(C(F)(F)F)nc2)c1)C1CC(F)CN1. The first-order valence-electron chi connectivity index (χ1n) is 7.93. The van der Waals surface area contributed by atoms with Gasteiger partial charge in [-0.25, -0.2) is 19.3 Å². The van der Waals surface area contributed by atoms with Crippen LogP contribution in [0, 0.1) is 0 Å². The van der Waals surface area contributed by atoms with Crippen LogP contribution in [0.5, 0.6) is 0 Å². The smallest absolute Gasteiger partial charge is 0.351 e. The first kappa shape index (κ1) is 19.4. The Labute approximate surface area is 156 Å². The molecule has 0 saturated carbocycles. The number of carbonyl (C=O) groups excluding carboxylic acids is 1. The molecule has 1 amide bonds. The maximum Gasteiger partial charge on any atom is 0.451 e. The fraction of sp³-hybridized carbons (Fsp3) is 0.375. The van der Waals surface area contributed by atoms with E-state index in [0.29, 0.717) is 5.56 Å². The lowest BCUT2D eigenvalue weighted by Crippen LogP contribution is -2.40. The number of halogens is 5. The number of nitrogens with one attached hydrogen (secondary N) is 2. The van der Waals surface area contributed by atoms with E-state index in [0.717, 1.165) is 12.4 Å². The second-order valence-corrected chi connectivity index (χ2v) is 6.38. The fourth-order valence-electron chi connectivity index (χ4n) is 2.61. The number of hydrogen-bond acceptors (Lipinski definition) is 5. The number of alkyl halides is 4. The molecule has 11 heteroatoms. The average molecular weight is 404 g/mol. The summed E-state index contributed by atoms with van der Waals surface area (Å²) in [5.41, 5.74) is 1.09. The predicted octanol–water partition coefficient (Wildman–Crippen LogP) is 2.53. The Bertz CT molecular complexity index is 831. The minimum absolute atomic E-state index is 0.0967. The fourth-order valence-corrected chi connectivity index (χ4v) is 2.84. The van der Waals surface area contributed by atoms with Crippen molar-refractivity contribution < 1.29 is 22.4 Å². The maximum absolute atomic E-state index is 13.1. The molecule has 144 valence electrons. The summed E-state index contributed by atoms with van der Waals surface area (Å²) in [5, 5.41) is 5.53. The van der Waals surface area contributed by atoms with Crippen molar-refractivity contribution in [3.8, 4) is 11.3 Å². The molecule has 2 aromatic rings. The van der Waals surface area contributed by atoms with Gasteiger partial charge in [-0.1, -0.05) is 11.6 Å². The second-order valence-electron chi connectivity index (χ2n) is 5.99. The number of amides is 1. The standard InChI is InChI=1S/C16H14ClF4N5O/c17-13-2-8(4-23-14(27)12-3-10(18)7-22-12)1-11(26-13)9-5-24-15(25-6-9)16(19,20)21/h1-2,5-6,10,12,22H,3-4,7H2,(H,23,27). The van der Waals surface area contributed by atoms with Gasteiger partial charge >= 0.3 is 6.18 Å². The number of nitrogens with zero attached hydrogens (tertiary/aromatic N) is 3. The molecule has 3 heterocycles. The van der Waals surface area contributed by atoms with Crippen LogP contribution in [0.3, 0.4) is 0 Å². The molecule has 1 fully saturated rings. The van der Waals surface area contributed by atoms with Gasteiger partial charge in [0.2, 0.25) is 11.7 Å². The molecule has 2 N–H and O–H groups in total. The summed E-state index contributed by atoms with van der Waals surface area (Å²) >= 11 is 5.96. The van der Waals surface area contributed by atoms with Crippen molar-refractivity contribution in [1.29, 1.82) is 0 Å². The van der Waals surface area contributed by atoms with E-state index in [1.54, 1.807) is 6.07 Å². The highest BCUT2D eigenvalue weighted by molar-refractivity contribution is 6.29. The van der Waals surface area contributed by atoms with Crippen molar-refractivity contribution in [2.45, 2.75) is 31.4 Å². The van der Waals surface area contributed by atoms with E-state index >= 15 is 0 Å². The van der Waals surface area contributed by atoms with Crippen LogP contribution in [-0.4, -0.2) is 39.6 Å². The van der Waals surface area contributed by atoms with Crippen LogP contribution in [0.25, 0.3) is 11.3 Å². The Morgan fingerprint density at radius 3 is 2.59 bits per heavy atom. The van der Waals surface area contributed by atoms with Crippen molar-refractivity contribution in [2.75, 3.05) is 6.54 Å². The van der Waals surface area contributed by atoms with Crippen molar-refractivity contribution in [2.24, 2.45) is 0 Å². The van der Waals surface area contributed by atoms with Crippen LogP contribution in [-0.2, 0) is 17.5 Å². The lowest BCUT2D eigenvalue weighted by molar-refractivity contribution is -0.145. The number of pyridine rings is 1. The summed E-state index contributed by atoms with van der Waals surface area (Å²) in [7, 11) is 0. The van der Waals surface area contributed by atoms with Gasteiger partial charge in [0.15, 0.2) is 0 Å². The van der Waals surface area contributed by atoms with Gasteiger partial charge in [-0.05, 0) is 17.7 Å². The Kier molecular flexibility index (Phi) is 5.56. The Morgan fingerprint density at radius 1 is 1.30 bits per heavy atom. The molecular weight excluding hydrogens is 390 g/mol. The van der Waals surface area contributed by atoms with Gasteiger partial charge in [0.25, 0.3) is 0 Å². The molecule has 0 aromatic carbocycles. The summed E-state index contributed by atoms with van der Waals surface area (Å²) < 4.78 is 50.8. The number of hydrogen-bond donors (Lipinski definition) is 2. The molecule has 0 radical (unpaired) electrons. The van der Waals surface area contributed by atoms with E-state index in [4.69, 9.17) is 11.6 Å². The van der Waals surface area contributed by atoms with E-state index in [-0.39, 0.29) is 41.8 Å². The van der Waals surface area contributed by atoms with Crippen LogP contribution in [0.2, 0.25) is 5.15 Å².